The minimum absolute atomic E-state index is 0.116. The lowest BCUT2D eigenvalue weighted by molar-refractivity contribution is -0.119. The molecule has 3 amide bonds. The summed E-state index contributed by atoms with van der Waals surface area (Å²) in [6.07, 6.45) is -1.10. The topological polar surface area (TPSA) is 111 Å². The van der Waals surface area contributed by atoms with Crippen LogP contribution in [0.1, 0.15) is 54.0 Å². The number of rotatable bonds is 5. The van der Waals surface area contributed by atoms with E-state index >= 15 is 0 Å². The Labute approximate surface area is 205 Å². The van der Waals surface area contributed by atoms with Crippen molar-refractivity contribution in [3.05, 3.63) is 65.4 Å². The second-order valence-corrected chi connectivity index (χ2v) is 7.79. The van der Waals surface area contributed by atoms with Gasteiger partial charge in [0.25, 0.3) is 11.8 Å². The van der Waals surface area contributed by atoms with Crippen molar-refractivity contribution in [2.45, 2.75) is 25.6 Å². The van der Waals surface area contributed by atoms with E-state index in [2.05, 4.69) is 5.10 Å². The van der Waals surface area contributed by atoms with Gasteiger partial charge in [-0.3, -0.25) is 14.4 Å². The summed E-state index contributed by atoms with van der Waals surface area (Å²) in [4.78, 5) is 41.4. The summed E-state index contributed by atoms with van der Waals surface area (Å²) >= 11 is 0. The van der Waals surface area contributed by atoms with Gasteiger partial charge in [0.15, 0.2) is 5.69 Å². The molecular formula is C25H25N5O4. The molecule has 1 fully saturated rings. The van der Waals surface area contributed by atoms with E-state index in [1.807, 2.05) is 0 Å². The highest BCUT2D eigenvalue weighted by Gasteiger charge is 2.34. The first kappa shape index (κ1) is 15.7. The summed E-state index contributed by atoms with van der Waals surface area (Å²) in [5.74, 6) is -2.40. The van der Waals surface area contributed by atoms with Crippen LogP contribution < -0.4 is 20.3 Å². The predicted octanol–water partition coefficient (Wildman–Crippen LogP) is 2.70. The number of piperidine rings is 1. The van der Waals surface area contributed by atoms with Crippen LogP contribution in [-0.4, -0.2) is 47.7 Å². The van der Waals surface area contributed by atoms with Gasteiger partial charge in [-0.2, -0.15) is 5.10 Å². The maximum absolute atomic E-state index is 13.8. The smallest absolute Gasteiger partial charge is 0.277 e. The van der Waals surface area contributed by atoms with Gasteiger partial charge in [0, 0.05) is 39.1 Å². The number of anilines is 2. The Morgan fingerprint density at radius 2 is 1.71 bits per heavy atom. The summed E-state index contributed by atoms with van der Waals surface area (Å²) in [6, 6.07) is 4.50. The third-order valence-corrected chi connectivity index (χ3v) is 5.81. The molecule has 0 saturated carbocycles. The number of aromatic nitrogens is 2. The van der Waals surface area contributed by atoms with Crippen molar-refractivity contribution in [1.29, 1.82) is 0 Å². The fraction of sp³-hybridized carbons (Fsp3) is 0.280. The molecule has 9 heteroatoms. The lowest BCUT2D eigenvalue weighted by Crippen LogP contribution is -2.39. The highest BCUT2D eigenvalue weighted by atomic mass is 16.5. The van der Waals surface area contributed by atoms with Gasteiger partial charge in [-0.05, 0) is 67.7 Å². The van der Waals surface area contributed by atoms with Crippen LogP contribution in [0.2, 0.25) is 0 Å². The molecule has 0 bridgehead atoms. The van der Waals surface area contributed by atoms with Crippen molar-refractivity contribution in [1.82, 2.24) is 9.78 Å². The number of nitrogens with two attached hydrogens (primary N) is 1. The van der Waals surface area contributed by atoms with E-state index in [4.69, 9.17) is 18.7 Å². The van der Waals surface area contributed by atoms with Gasteiger partial charge in [-0.1, -0.05) is 0 Å². The number of nitrogens with zero attached hydrogens (tertiary/aromatic N) is 4. The highest BCUT2D eigenvalue weighted by molar-refractivity contribution is 6.09. The third-order valence-electron chi connectivity index (χ3n) is 5.81. The second kappa shape index (κ2) is 8.66. The summed E-state index contributed by atoms with van der Waals surface area (Å²) in [6.45, 7) is 0.529. The van der Waals surface area contributed by atoms with Crippen molar-refractivity contribution >= 4 is 29.1 Å². The third kappa shape index (κ3) is 3.68. The molecule has 3 heterocycles. The zero-order valence-electron chi connectivity index (χ0n) is 24.3. The zero-order chi connectivity index (χ0) is 29.1. The first-order chi connectivity index (χ1) is 18.9. The van der Waals surface area contributed by atoms with Crippen molar-refractivity contribution < 1.29 is 27.3 Å². The van der Waals surface area contributed by atoms with Crippen LogP contribution >= 0.6 is 0 Å². The van der Waals surface area contributed by atoms with Gasteiger partial charge in [-0.25, -0.2) is 4.68 Å². The van der Waals surface area contributed by atoms with Crippen LogP contribution in [0.3, 0.4) is 0 Å². The number of methoxy groups -OCH3 is 1. The first-order valence-electron chi connectivity index (χ1n) is 13.7. The van der Waals surface area contributed by atoms with Crippen molar-refractivity contribution in [2.24, 2.45) is 5.73 Å². The fourth-order valence-corrected chi connectivity index (χ4v) is 4.16. The Bertz CT molecular complexity index is 1540. The molecule has 1 aromatic heterocycles. The Morgan fingerprint density at radius 3 is 2.35 bits per heavy atom. The molecule has 9 nitrogen and oxygen atoms in total. The number of ether oxygens (including phenoxy) is 1. The number of benzene rings is 2. The molecule has 3 aromatic rings. The Morgan fingerprint density at radius 1 is 1.03 bits per heavy atom. The van der Waals surface area contributed by atoms with Crippen LogP contribution in [0.5, 0.6) is 5.75 Å². The number of primary amides is 1. The zero-order valence-corrected chi connectivity index (χ0v) is 18.3. The average Bonchev–Trinajstić information content (AvgIpc) is 3.30. The first-order valence-corrected chi connectivity index (χ1v) is 10.7. The number of fused-ring (bicyclic) bond motifs is 1. The molecule has 2 aromatic carbocycles. The Kier molecular flexibility index (Phi) is 3.99. The molecule has 0 aliphatic carbocycles. The van der Waals surface area contributed by atoms with Crippen molar-refractivity contribution in [3.63, 3.8) is 0 Å². The molecular weight excluding hydrogens is 434 g/mol. The average molecular weight is 466 g/mol. The Hall–Kier alpha value is -4.14. The van der Waals surface area contributed by atoms with E-state index in [0.717, 1.165) is 4.68 Å². The number of hydrogen-bond donors (Lipinski definition) is 1. The van der Waals surface area contributed by atoms with Gasteiger partial charge >= 0.3 is 0 Å². The van der Waals surface area contributed by atoms with Gasteiger partial charge < -0.3 is 20.3 Å². The van der Waals surface area contributed by atoms with E-state index in [1.165, 1.54) is 16.9 Å². The van der Waals surface area contributed by atoms with E-state index in [9.17, 15) is 14.4 Å². The van der Waals surface area contributed by atoms with E-state index < -0.39 is 48.3 Å². The lowest BCUT2D eigenvalue weighted by Gasteiger charge is -2.29. The molecule has 0 spiro atoms. The molecule has 2 N–H and O–H groups in total. The van der Waals surface area contributed by atoms with Crippen LogP contribution in [-0.2, 0) is 11.2 Å². The monoisotopic (exact) mass is 465 g/mol. The molecule has 2 aliphatic heterocycles. The van der Waals surface area contributed by atoms with Crippen molar-refractivity contribution in [2.75, 3.05) is 30.0 Å². The van der Waals surface area contributed by atoms with E-state index in [-0.39, 0.29) is 47.8 Å². The maximum Gasteiger partial charge on any atom is 0.277 e. The molecule has 34 heavy (non-hydrogen) atoms. The Balaban J connectivity index is 1.57. The largest absolute Gasteiger partial charge is 0.497 e. The van der Waals surface area contributed by atoms with E-state index in [0.29, 0.717) is 24.3 Å². The van der Waals surface area contributed by atoms with Crippen LogP contribution in [0, 0.1) is 0 Å². The lowest BCUT2D eigenvalue weighted by atomic mass is 10.0. The van der Waals surface area contributed by atoms with Gasteiger partial charge in [0.2, 0.25) is 5.91 Å². The molecule has 5 rings (SSSR count). The minimum Gasteiger partial charge on any atom is -0.497 e. The standard InChI is InChI=1S/C25H25N5O4/c1-34-19-11-9-18(10-12-19)30-23-20(22(27-30)24(26)32)13-15-29(25(23)33)17-7-5-16(6-8-17)28-14-3-2-4-21(28)31/h5-12H,2-4,13-15H2,1H3,(H2,26,32)/i4D2,9D,10D,11D,12D. The molecule has 0 unspecified atom stereocenters. The van der Waals surface area contributed by atoms with Gasteiger partial charge in [-0.15, -0.1) is 0 Å². The normalized spacial score (nSPS) is 19.9. The summed E-state index contributed by atoms with van der Waals surface area (Å²) < 4.78 is 55.2. The summed E-state index contributed by atoms with van der Waals surface area (Å²) in [5.41, 5.74) is 6.06. The van der Waals surface area contributed by atoms with E-state index in [1.54, 1.807) is 24.3 Å². The maximum atomic E-state index is 13.8. The number of amides is 3. The molecule has 1 saturated heterocycles. The van der Waals surface area contributed by atoms with Crippen molar-refractivity contribution in [3.8, 4) is 11.4 Å². The highest BCUT2D eigenvalue weighted by Crippen LogP contribution is 2.31. The number of carbonyl (C=O) groups is 3. The molecule has 0 radical (unpaired) electrons. The number of hydrogen-bond acceptors (Lipinski definition) is 5. The summed E-state index contributed by atoms with van der Waals surface area (Å²) in [5, 5.41) is 4.16. The van der Waals surface area contributed by atoms with Crippen LogP contribution in [0.4, 0.5) is 11.4 Å². The minimum atomic E-state index is -1.95. The quantitative estimate of drug-likeness (QED) is 0.623. The predicted molar refractivity (Wildman–Crippen MR) is 127 cm³/mol. The van der Waals surface area contributed by atoms with Gasteiger partial charge in [0.05, 0.1) is 18.3 Å². The molecule has 174 valence electrons. The van der Waals surface area contributed by atoms with Crippen LogP contribution in [0.15, 0.2) is 48.4 Å². The molecule has 0 atom stereocenters. The second-order valence-electron chi connectivity index (χ2n) is 7.79. The summed E-state index contributed by atoms with van der Waals surface area (Å²) in [7, 11) is 1.22. The number of carbonyl (C=O) groups excluding carboxylic acids is 3. The SMILES string of the molecule is [2H]c1c([2H])c(-n2nc(C(N)=O)c3c2C(=O)N(c2ccc(N4CCCC([2H])([2H])C4=O)cc2)CC3)c([2H])c([2H])c1OC. The molecule has 2 aliphatic rings. The van der Waals surface area contributed by atoms with Crippen LogP contribution in [0.25, 0.3) is 5.69 Å². The fourth-order valence-electron chi connectivity index (χ4n) is 4.16. The van der Waals surface area contributed by atoms with Gasteiger partial charge in [0.1, 0.15) is 11.4 Å².